The summed E-state index contributed by atoms with van der Waals surface area (Å²) < 4.78 is 18.4. The molecular formula is C20H27FN4O2. The summed E-state index contributed by atoms with van der Waals surface area (Å²) in [4.78, 5) is 18.9. The molecule has 1 amide bonds. The molecule has 1 atom stereocenters. The Labute approximate surface area is 159 Å². The third-order valence-corrected chi connectivity index (χ3v) is 5.21. The van der Waals surface area contributed by atoms with Crippen LogP contribution < -0.4 is 0 Å². The van der Waals surface area contributed by atoms with Crippen molar-refractivity contribution in [1.82, 2.24) is 19.9 Å². The first-order valence-electron chi connectivity index (χ1n) is 9.30. The van der Waals surface area contributed by atoms with Crippen molar-refractivity contribution in [3.63, 3.8) is 0 Å². The molecule has 0 spiro atoms. The van der Waals surface area contributed by atoms with Gasteiger partial charge in [0.25, 0.3) is 0 Å². The lowest BCUT2D eigenvalue weighted by atomic mass is 10.1. The van der Waals surface area contributed by atoms with Gasteiger partial charge in [-0.2, -0.15) is 0 Å². The lowest BCUT2D eigenvalue weighted by Crippen LogP contribution is -2.49. The van der Waals surface area contributed by atoms with E-state index >= 15 is 0 Å². The molecule has 27 heavy (non-hydrogen) atoms. The van der Waals surface area contributed by atoms with E-state index in [9.17, 15) is 9.18 Å². The summed E-state index contributed by atoms with van der Waals surface area (Å²) in [5, 5.41) is 3.92. The van der Waals surface area contributed by atoms with Crippen molar-refractivity contribution in [3.05, 3.63) is 53.2 Å². The standard InChI is InChI=1S/C20H27FN4O2/c1-15-12-19(27-22-15)13-24-8-10-25(11-9-24)14-20(26)23(3)16(2)17-4-6-18(21)7-5-17/h4-7,12,16H,8-11,13-14H2,1-3H3. The molecule has 1 aromatic carbocycles. The number of carbonyl (C=O) groups is 1. The highest BCUT2D eigenvalue weighted by Crippen LogP contribution is 2.19. The van der Waals surface area contributed by atoms with Gasteiger partial charge in [0.05, 0.1) is 24.8 Å². The van der Waals surface area contributed by atoms with Crippen molar-refractivity contribution in [3.8, 4) is 0 Å². The quantitative estimate of drug-likeness (QED) is 0.777. The third-order valence-electron chi connectivity index (χ3n) is 5.21. The highest BCUT2D eigenvalue weighted by Gasteiger charge is 2.23. The van der Waals surface area contributed by atoms with Gasteiger partial charge >= 0.3 is 0 Å². The van der Waals surface area contributed by atoms with Crippen LogP contribution in [0.25, 0.3) is 0 Å². The van der Waals surface area contributed by atoms with Crippen molar-refractivity contribution >= 4 is 5.91 Å². The van der Waals surface area contributed by atoms with E-state index in [4.69, 9.17) is 4.52 Å². The number of halogens is 1. The summed E-state index contributed by atoms with van der Waals surface area (Å²) in [6, 6.07) is 8.19. The fraction of sp³-hybridized carbons (Fsp3) is 0.500. The monoisotopic (exact) mass is 374 g/mol. The first-order valence-corrected chi connectivity index (χ1v) is 9.30. The molecule has 1 unspecified atom stereocenters. The molecule has 0 saturated carbocycles. The summed E-state index contributed by atoms with van der Waals surface area (Å²) in [7, 11) is 1.80. The normalized spacial score (nSPS) is 17.0. The fourth-order valence-electron chi connectivity index (χ4n) is 3.30. The van der Waals surface area contributed by atoms with E-state index in [-0.39, 0.29) is 17.8 Å². The Morgan fingerprint density at radius 3 is 2.44 bits per heavy atom. The topological polar surface area (TPSA) is 52.8 Å². The van der Waals surface area contributed by atoms with Crippen molar-refractivity contribution < 1.29 is 13.7 Å². The van der Waals surface area contributed by atoms with E-state index in [1.54, 1.807) is 24.1 Å². The number of likely N-dealkylation sites (N-methyl/N-ethyl adjacent to an activating group) is 1. The lowest BCUT2D eigenvalue weighted by molar-refractivity contribution is -0.133. The molecule has 3 rings (SSSR count). The first kappa shape index (κ1) is 19.5. The van der Waals surface area contributed by atoms with Crippen LogP contribution in [-0.4, -0.2) is 65.5 Å². The van der Waals surface area contributed by atoms with Crippen LogP contribution in [0.1, 0.15) is 30.0 Å². The van der Waals surface area contributed by atoms with Gasteiger partial charge in [-0.05, 0) is 31.5 Å². The van der Waals surface area contributed by atoms with Gasteiger partial charge in [-0.3, -0.25) is 14.6 Å². The minimum atomic E-state index is -0.265. The maximum absolute atomic E-state index is 13.1. The van der Waals surface area contributed by atoms with Crippen LogP contribution >= 0.6 is 0 Å². The number of benzene rings is 1. The molecule has 1 aliphatic heterocycles. The van der Waals surface area contributed by atoms with E-state index in [1.165, 1.54) is 12.1 Å². The van der Waals surface area contributed by atoms with Gasteiger partial charge in [0.2, 0.25) is 5.91 Å². The zero-order valence-electron chi connectivity index (χ0n) is 16.2. The largest absolute Gasteiger partial charge is 0.360 e. The SMILES string of the molecule is Cc1cc(CN2CCN(CC(=O)N(C)C(C)c3ccc(F)cc3)CC2)on1. The molecule has 0 N–H and O–H groups in total. The molecule has 0 bridgehead atoms. The smallest absolute Gasteiger partial charge is 0.236 e. The van der Waals surface area contributed by atoms with Gasteiger partial charge in [-0.1, -0.05) is 17.3 Å². The van der Waals surface area contributed by atoms with Crippen molar-refractivity contribution in [2.45, 2.75) is 26.4 Å². The van der Waals surface area contributed by atoms with Gasteiger partial charge in [-0.15, -0.1) is 0 Å². The second-order valence-corrected chi connectivity index (χ2v) is 7.22. The Morgan fingerprint density at radius 2 is 1.85 bits per heavy atom. The number of hydrogen-bond donors (Lipinski definition) is 0. The molecule has 2 aromatic rings. The first-order chi connectivity index (χ1) is 12.9. The Kier molecular flexibility index (Phi) is 6.23. The predicted molar refractivity (Wildman–Crippen MR) is 101 cm³/mol. The number of amides is 1. The highest BCUT2D eigenvalue weighted by atomic mass is 19.1. The zero-order chi connectivity index (χ0) is 19.4. The Hall–Kier alpha value is -2.25. The van der Waals surface area contributed by atoms with Crippen LogP contribution in [0.3, 0.4) is 0 Å². The average Bonchev–Trinajstić information content (AvgIpc) is 3.07. The second-order valence-electron chi connectivity index (χ2n) is 7.22. The van der Waals surface area contributed by atoms with Crippen molar-refractivity contribution in [2.75, 3.05) is 39.8 Å². The lowest BCUT2D eigenvalue weighted by Gasteiger charge is -2.35. The third kappa shape index (κ3) is 5.14. The average molecular weight is 374 g/mol. The zero-order valence-corrected chi connectivity index (χ0v) is 16.2. The molecule has 6 nitrogen and oxygen atoms in total. The van der Waals surface area contributed by atoms with Crippen LogP contribution in [0.4, 0.5) is 4.39 Å². The van der Waals surface area contributed by atoms with Gasteiger partial charge < -0.3 is 9.42 Å². The summed E-state index contributed by atoms with van der Waals surface area (Å²) in [5.41, 5.74) is 1.83. The number of carbonyl (C=O) groups excluding carboxylic acids is 1. The number of hydrogen-bond acceptors (Lipinski definition) is 5. The molecular weight excluding hydrogens is 347 g/mol. The van der Waals surface area contributed by atoms with E-state index in [1.807, 2.05) is 19.9 Å². The minimum absolute atomic E-state index is 0.0751. The highest BCUT2D eigenvalue weighted by molar-refractivity contribution is 5.78. The molecule has 1 aromatic heterocycles. The molecule has 1 saturated heterocycles. The van der Waals surface area contributed by atoms with Gasteiger partial charge in [-0.25, -0.2) is 4.39 Å². The van der Waals surface area contributed by atoms with E-state index in [2.05, 4.69) is 15.0 Å². The summed E-state index contributed by atoms with van der Waals surface area (Å²) in [5.74, 6) is 0.689. The van der Waals surface area contributed by atoms with E-state index < -0.39 is 0 Å². The van der Waals surface area contributed by atoms with Gasteiger partial charge in [0.1, 0.15) is 5.82 Å². The fourth-order valence-corrected chi connectivity index (χ4v) is 3.30. The maximum atomic E-state index is 13.1. The van der Waals surface area contributed by atoms with E-state index in [0.717, 1.165) is 49.7 Å². The Balaban J connectivity index is 1.46. The Morgan fingerprint density at radius 1 is 1.22 bits per heavy atom. The number of piperazine rings is 1. The maximum Gasteiger partial charge on any atom is 0.236 e. The molecule has 146 valence electrons. The molecule has 1 fully saturated rings. The van der Waals surface area contributed by atoms with Crippen molar-refractivity contribution in [2.24, 2.45) is 0 Å². The van der Waals surface area contributed by atoms with Crippen LogP contribution in [0.2, 0.25) is 0 Å². The predicted octanol–water partition coefficient (Wildman–Crippen LogP) is 2.46. The number of aryl methyl sites for hydroxylation is 1. The van der Waals surface area contributed by atoms with Gasteiger partial charge in [0, 0.05) is 39.3 Å². The number of nitrogens with zero attached hydrogens (tertiary/aromatic N) is 4. The van der Waals surface area contributed by atoms with Crippen LogP contribution in [-0.2, 0) is 11.3 Å². The second kappa shape index (κ2) is 8.63. The number of rotatable bonds is 6. The molecule has 1 aliphatic rings. The summed E-state index contributed by atoms with van der Waals surface area (Å²) in [6.45, 7) is 8.51. The van der Waals surface area contributed by atoms with E-state index in [0.29, 0.717) is 6.54 Å². The van der Waals surface area contributed by atoms with Crippen LogP contribution in [0.15, 0.2) is 34.9 Å². The Bertz CT molecular complexity index is 754. The molecule has 0 radical (unpaired) electrons. The van der Waals surface area contributed by atoms with Crippen molar-refractivity contribution in [1.29, 1.82) is 0 Å². The van der Waals surface area contributed by atoms with Crippen LogP contribution in [0, 0.1) is 12.7 Å². The minimum Gasteiger partial charge on any atom is -0.360 e. The molecule has 2 heterocycles. The number of aromatic nitrogens is 1. The molecule has 7 heteroatoms. The van der Waals surface area contributed by atoms with Gasteiger partial charge in [0.15, 0.2) is 5.76 Å². The van der Waals surface area contributed by atoms with Crippen LogP contribution in [0.5, 0.6) is 0 Å². The molecule has 0 aliphatic carbocycles. The summed E-state index contributed by atoms with van der Waals surface area (Å²) >= 11 is 0. The summed E-state index contributed by atoms with van der Waals surface area (Å²) in [6.07, 6.45) is 0.